The van der Waals surface area contributed by atoms with E-state index < -0.39 is 42.4 Å². The molecule has 0 aromatic carbocycles. The molecule has 0 amide bonds. The minimum Gasteiger partial charge on any atom is -0.394 e. The molecule has 0 saturated carbocycles. The van der Waals surface area contributed by atoms with Crippen LogP contribution in [0, 0.1) is 4.64 Å². The lowest BCUT2D eigenvalue weighted by Gasteiger charge is -2.16. The zero-order valence-electron chi connectivity index (χ0n) is 8.94. The first-order valence-corrected chi connectivity index (χ1v) is 5.44. The number of aromatic nitrogens is 3. The second-order valence-corrected chi connectivity index (χ2v) is 4.21. The quantitative estimate of drug-likeness (QED) is 0.368. The van der Waals surface area contributed by atoms with Gasteiger partial charge in [0.15, 0.2) is 10.9 Å². The lowest BCUT2D eigenvalue weighted by Crippen LogP contribution is -2.40. The van der Waals surface area contributed by atoms with E-state index in [4.69, 9.17) is 9.84 Å². The number of hydrogen-bond donors (Lipinski definition) is 5. The van der Waals surface area contributed by atoms with E-state index >= 15 is 0 Å². The van der Waals surface area contributed by atoms with Crippen LogP contribution in [0.5, 0.6) is 0 Å². The zero-order chi connectivity index (χ0) is 13.4. The molecule has 5 N–H and O–H groups in total. The second kappa shape index (κ2) is 4.74. The van der Waals surface area contributed by atoms with Crippen molar-refractivity contribution in [2.45, 2.75) is 24.5 Å². The van der Waals surface area contributed by atoms with Crippen molar-refractivity contribution in [2.24, 2.45) is 0 Å². The third-order valence-electron chi connectivity index (χ3n) is 2.64. The summed E-state index contributed by atoms with van der Waals surface area (Å²) in [5, 5.41) is 30.4. The monoisotopic (exact) mass is 277 g/mol. The molecule has 18 heavy (non-hydrogen) atoms. The molecular weight excluding hydrogens is 266 g/mol. The minimum atomic E-state index is -1.43. The molecule has 0 radical (unpaired) electrons. The molecule has 2 heterocycles. The predicted octanol–water partition coefficient (Wildman–Crippen LogP) is -2.79. The molecule has 10 heteroatoms. The maximum Gasteiger partial charge on any atom is 0.345 e. The molecule has 2 rings (SSSR count). The maximum atomic E-state index is 11.5. The molecule has 4 atom stereocenters. The van der Waals surface area contributed by atoms with Crippen LogP contribution < -0.4 is 11.2 Å². The maximum absolute atomic E-state index is 11.5. The normalized spacial score (nSPS) is 31.7. The van der Waals surface area contributed by atoms with Gasteiger partial charge in [0.05, 0.1) is 6.61 Å². The van der Waals surface area contributed by atoms with Crippen molar-refractivity contribution in [2.75, 3.05) is 6.61 Å². The van der Waals surface area contributed by atoms with Gasteiger partial charge in [0.2, 0.25) is 0 Å². The van der Waals surface area contributed by atoms with Gasteiger partial charge >= 0.3 is 5.69 Å². The fourth-order valence-electron chi connectivity index (χ4n) is 1.70. The fraction of sp³-hybridized carbons (Fsp3) is 0.625. The first-order chi connectivity index (χ1) is 8.45. The molecule has 9 nitrogen and oxygen atoms in total. The molecule has 1 aromatic rings. The van der Waals surface area contributed by atoms with Gasteiger partial charge < -0.3 is 20.1 Å². The fourth-order valence-corrected chi connectivity index (χ4v) is 1.85. The molecule has 1 aliphatic rings. The summed E-state index contributed by atoms with van der Waals surface area (Å²) in [5.74, 6) is 0. The Labute approximate surface area is 104 Å². The van der Waals surface area contributed by atoms with E-state index in [0.29, 0.717) is 0 Å². The third kappa shape index (κ3) is 2.04. The minimum absolute atomic E-state index is 0.271. The summed E-state index contributed by atoms with van der Waals surface area (Å²) in [6, 6.07) is 0. The average Bonchev–Trinajstić information content (AvgIpc) is 2.61. The van der Waals surface area contributed by atoms with Crippen LogP contribution in [0.15, 0.2) is 9.59 Å². The first-order valence-electron chi connectivity index (χ1n) is 5.03. The average molecular weight is 277 g/mol. The Hall–Kier alpha value is -1.33. The van der Waals surface area contributed by atoms with Crippen LogP contribution in [0.2, 0.25) is 0 Å². The number of rotatable bonds is 2. The number of aliphatic hydroxyl groups excluding tert-OH is 3. The highest BCUT2D eigenvalue weighted by Gasteiger charge is 2.44. The van der Waals surface area contributed by atoms with Gasteiger partial charge in [-0.15, -0.1) is 0 Å². The molecule has 0 spiro atoms. The van der Waals surface area contributed by atoms with Gasteiger partial charge in [-0.05, 0) is 0 Å². The van der Waals surface area contributed by atoms with Crippen LogP contribution in [0.4, 0.5) is 0 Å². The van der Waals surface area contributed by atoms with Crippen molar-refractivity contribution < 1.29 is 20.1 Å². The van der Waals surface area contributed by atoms with Crippen molar-refractivity contribution in [1.29, 1.82) is 0 Å². The molecule has 1 aromatic heterocycles. The SMILES string of the molecule is O=c1[nH]c(=O)n([C@@H]2O[C@H](CO)[C@@H](O)[C@H]2O)[nH]c1=S. The highest BCUT2D eigenvalue weighted by molar-refractivity contribution is 7.71. The first kappa shape index (κ1) is 13.1. The smallest absolute Gasteiger partial charge is 0.345 e. The number of nitrogens with one attached hydrogen (secondary N) is 2. The Morgan fingerprint density at radius 1 is 1.33 bits per heavy atom. The molecule has 0 unspecified atom stereocenters. The molecule has 1 saturated heterocycles. The summed E-state index contributed by atoms with van der Waals surface area (Å²) in [5.41, 5.74) is -1.64. The van der Waals surface area contributed by atoms with Crippen LogP contribution >= 0.6 is 12.2 Å². The zero-order valence-corrected chi connectivity index (χ0v) is 9.75. The predicted molar refractivity (Wildman–Crippen MR) is 59.5 cm³/mol. The summed E-state index contributed by atoms with van der Waals surface area (Å²) < 4.78 is 5.60. The highest BCUT2D eigenvalue weighted by Crippen LogP contribution is 2.27. The van der Waals surface area contributed by atoms with Crippen LogP contribution in [0.1, 0.15) is 6.23 Å². The van der Waals surface area contributed by atoms with Gasteiger partial charge in [-0.25, -0.2) is 9.48 Å². The summed E-state index contributed by atoms with van der Waals surface area (Å²) in [7, 11) is 0. The highest BCUT2D eigenvalue weighted by atomic mass is 32.1. The van der Waals surface area contributed by atoms with Gasteiger partial charge in [-0.1, -0.05) is 12.2 Å². The van der Waals surface area contributed by atoms with E-state index in [1.165, 1.54) is 0 Å². The lowest BCUT2D eigenvalue weighted by atomic mass is 10.1. The number of hydrogen-bond acceptors (Lipinski definition) is 7. The molecular formula is C8H11N3O6S. The van der Waals surface area contributed by atoms with Gasteiger partial charge in [-0.3, -0.25) is 14.9 Å². The molecule has 0 aliphatic carbocycles. The van der Waals surface area contributed by atoms with Gasteiger partial charge in [-0.2, -0.15) is 0 Å². The summed E-state index contributed by atoms with van der Waals surface area (Å²) >= 11 is 4.65. The lowest BCUT2D eigenvalue weighted by molar-refractivity contribution is -0.0619. The van der Waals surface area contributed by atoms with Crippen LogP contribution in [0.25, 0.3) is 0 Å². The van der Waals surface area contributed by atoms with Crippen molar-refractivity contribution in [3.63, 3.8) is 0 Å². The van der Waals surface area contributed by atoms with E-state index in [1.807, 2.05) is 4.98 Å². The second-order valence-electron chi connectivity index (χ2n) is 3.80. The van der Waals surface area contributed by atoms with Crippen LogP contribution in [0.3, 0.4) is 0 Å². The summed E-state index contributed by atoms with van der Waals surface area (Å²) in [6.45, 7) is -0.520. The number of H-pyrrole nitrogens is 2. The Morgan fingerprint density at radius 3 is 2.56 bits per heavy atom. The topological polar surface area (TPSA) is 141 Å². The van der Waals surface area contributed by atoms with E-state index in [9.17, 15) is 19.8 Å². The molecule has 0 bridgehead atoms. The Kier molecular flexibility index (Phi) is 3.45. The Bertz CT molecular complexity index is 606. The molecule has 1 fully saturated rings. The van der Waals surface area contributed by atoms with Gasteiger partial charge in [0.1, 0.15) is 18.3 Å². The van der Waals surface area contributed by atoms with Crippen molar-refractivity contribution in [3.05, 3.63) is 25.5 Å². The van der Waals surface area contributed by atoms with Crippen molar-refractivity contribution >= 4 is 12.2 Å². The van der Waals surface area contributed by atoms with E-state index in [2.05, 4.69) is 17.3 Å². The van der Waals surface area contributed by atoms with Crippen molar-refractivity contribution in [1.82, 2.24) is 14.8 Å². The van der Waals surface area contributed by atoms with Crippen LogP contribution in [-0.4, -0.2) is 55.0 Å². The Balaban J connectivity index is 2.45. The van der Waals surface area contributed by atoms with E-state index in [0.717, 1.165) is 4.68 Å². The number of ether oxygens (including phenoxy) is 1. The van der Waals surface area contributed by atoms with Gasteiger partial charge in [0, 0.05) is 0 Å². The number of aliphatic hydroxyl groups is 3. The molecule has 1 aliphatic heterocycles. The van der Waals surface area contributed by atoms with E-state index in [1.54, 1.807) is 0 Å². The van der Waals surface area contributed by atoms with E-state index in [-0.39, 0.29) is 4.64 Å². The Morgan fingerprint density at radius 2 is 2.00 bits per heavy atom. The number of aromatic amines is 2. The number of nitrogens with zero attached hydrogens (tertiary/aromatic N) is 1. The third-order valence-corrected chi connectivity index (χ3v) is 2.92. The van der Waals surface area contributed by atoms with Crippen molar-refractivity contribution in [3.8, 4) is 0 Å². The summed E-state index contributed by atoms with van der Waals surface area (Å²) in [4.78, 5) is 24.5. The van der Waals surface area contributed by atoms with Crippen LogP contribution in [-0.2, 0) is 4.74 Å². The largest absolute Gasteiger partial charge is 0.394 e. The standard InChI is InChI=1S/C8H11N3O6S/c12-1-2-3(13)4(14)7(17-2)11-8(16)9-5(15)6(18)10-11/h2-4,7,12-14H,1H2,(H,10,18)(H,9,15,16)/t2-,3-,4-,7-/m1/s1. The molecule has 100 valence electrons. The summed E-state index contributed by atoms with van der Waals surface area (Å²) in [6.07, 6.45) is -5.06. The van der Waals surface area contributed by atoms with Gasteiger partial charge in [0.25, 0.3) is 5.56 Å².